The first-order chi connectivity index (χ1) is 12.8. The fourth-order valence-electron chi connectivity index (χ4n) is 4.20. The summed E-state index contributed by atoms with van der Waals surface area (Å²) in [6.07, 6.45) is 5.30. The van der Waals surface area contributed by atoms with E-state index in [0.717, 1.165) is 70.8 Å². The number of benzene rings is 1. The first-order valence-corrected chi connectivity index (χ1v) is 9.84. The van der Waals surface area contributed by atoms with E-state index in [9.17, 15) is 0 Å². The number of likely N-dealkylation sites (tertiary alicyclic amines) is 1. The topological polar surface area (TPSA) is 28.6 Å². The highest BCUT2D eigenvalue weighted by atomic mass is 16.5. The maximum Gasteiger partial charge on any atom is 0.0833 e. The summed E-state index contributed by atoms with van der Waals surface area (Å²) in [5.41, 5.74) is 2.64. The van der Waals surface area contributed by atoms with Crippen LogP contribution in [0, 0.1) is 0 Å². The van der Waals surface area contributed by atoms with Gasteiger partial charge in [0.15, 0.2) is 0 Å². The van der Waals surface area contributed by atoms with Gasteiger partial charge >= 0.3 is 0 Å². The van der Waals surface area contributed by atoms with Crippen LogP contribution >= 0.6 is 0 Å². The van der Waals surface area contributed by atoms with Gasteiger partial charge in [-0.2, -0.15) is 0 Å². The fraction of sp³-hybridized carbons (Fsp3) is 0.522. The van der Waals surface area contributed by atoms with E-state index in [0.29, 0.717) is 0 Å². The minimum atomic E-state index is 0. The third-order valence-electron chi connectivity index (χ3n) is 5.77. The van der Waals surface area contributed by atoms with Gasteiger partial charge in [0.1, 0.15) is 0 Å². The van der Waals surface area contributed by atoms with Gasteiger partial charge in [-0.15, -0.1) is 0 Å². The van der Waals surface area contributed by atoms with E-state index in [1.807, 2.05) is 12.3 Å². The molecule has 27 heavy (non-hydrogen) atoms. The Morgan fingerprint density at radius 2 is 1.70 bits per heavy atom. The highest BCUT2D eigenvalue weighted by Crippen LogP contribution is 2.30. The molecule has 0 atom stereocenters. The van der Waals surface area contributed by atoms with Crippen molar-refractivity contribution in [3.8, 4) is 0 Å². The van der Waals surface area contributed by atoms with Gasteiger partial charge in [-0.25, -0.2) is 0 Å². The van der Waals surface area contributed by atoms with Crippen molar-refractivity contribution in [2.75, 3.05) is 39.3 Å². The van der Waals surface area contributed by atoms with Crippen LogP contribution in [0.3, 0.4) is 0 Å². The van der Waals surface area contributed by atoms with Crippen LogP contribution in [0.2, 0.25) is 0 Å². The highest BCUT2D eigenvalue weighted by Gasteiger charge is 2.39. The average molecular weight is 368 g/mol. The van der Waals surface area contributed by atoms with Gasteiger partial charge in [-0.05, 0) is 37.0 Å². The van der Waals surface area contributed by atoms with Crippen LogP contribution in [-0.4, -0.2) is 59.7 Å². The van der Waals surface area contributed by atoms with Crippen LogP contribution in [0.4, 0.5) is 0 Å². The van der Waals surface area contributed by atoms with E-state index < -0.39 is 0 Å². The predicted octanol–water partition coefficient (Wildman–Crippen LogP) is 3.63. The molecule has 4 heteroatoms. The Kier molecular flexibility index (Phi) is 7.00. The first kappa shape index (κ1) is 20.0. The van der Waals surface area contributed by atoms with E-state index in [1.165, 1.54) is 5.56 Å². The molecular weight excluding hydrogens is 334 g/mol. The Morgan fingerprint density at radius 3 is 2.44 bits per heavy atom. The average Bonchev–Trinajstić information content (AvgIpc) is 2.69. The number of hydrogen-bond donors (Lipinski definition) is 0. The monoisotopic (exact) mass is 367 g/mol. The molecule has 2 saturated heterocycles. The SMILES string of the molecule is C.c1ccc(CCN2CCC3(CC2)CN(Cc2ccccn2)CCO3)cc1. The molecule has 2 fully saturated rings. The van der Waals surface area contributed by atoms with E-state index in [4.69, 9.17) is 4.74 Å². The molecular formula is C23H33N3O. The van der Waals surface area contributed by atoms with Crippen molar-refractivity contribution in [3.63, 3.8) is 0 Å². The van der Waals surface area contributed by atoms with Crippen molar-refractivity contribution in [2.24, 2.45) is 0 Å². The second kappa shape index (κ2) is 9.45. The lowest BCUT2D eigenvalue weighted by Crippen LogP contribution is -2.56. The Balaban J connectivity index is 0.00000210. The molecule has 3 heterocycles. The van der Waals surface area contributed by atoms with Crippen LogP contribution < -0.4 is 0 Å². The van der Waals surface area contributed by atoms with Crippen LogP contribution in [0.5, 0.6) is 0 Å². The van der Waals surface area contributed by atoms with Crippen molar-refractivity contribution < 1.29 is 4.74 Å². The molecule has 0 radical (unpaired) electrons. The van der Waals surface area contributed by atoms with Crippen LogP contribution in [0.15, 0.2) is 54.7 Å². The lowest BCUT2D eigenvalue weighted by atomic mass is 9.89. The third-order valence-corrected chi connectivity index (χ3v) is 5.77. The molecule has 1 aromatic heterocycles. The van der Waals surface area contributed by atoms with Gasteiger partial charge in [-0.3, -0.25) is 9.88 Å². The Labute approximate surface area is 164 Å². The zero-order valence-corrected chi connectivity index (χ0v) is 15.5. The van der Waals surface area contributed by atoms with Crippen LogP contribution in [0.25, 0.3) is 0 Å². The van der Waals surface area contributed by atoms with Crippen molar-refractivity contribution >= 4 is 0 Å². The molecule has 4 nitrogen and oxygen atoms in total. The van der Waals surface area contributed by atoms with E-state index in [-0.39, 0.29) is 13.0 Å². The molecule has 2 aromatic rings. The molecule has 2 aliphatic rings. The summed E-state index contributed by atoms with van der Waals surface area (Å²) < 4.78 is 6.30. The molecule has 0 bridgehead atoms. The number of ether oxygens (including phenoxy) is 1. The normalized spacial score (nSPS) is 20.3. The second-order valence-corrected chi connectivity index (χ2v) is 7.64. The minimum absolute atomic E-state index is 0. The summed E-state index contributed by atoms with van der Waals surface area (Å²) in [4.78, 5) is 9.60. The molecule has 4 rings (SSSR count). The molecule has 0 N–H and O–H groups in total. The van der Waals surface area contributed by atoms with Gasteiger partial charge in [0.05, 0.1) is 17.9 Å². The third kappa shape index (κ3) is 5.38. The van der Waals surface area contributed by atoms with E-state index >= 15 is 0 Å². The molecule has 1 aromatic carbocycles. The van der Waals surface area contributed by atoms with Gasteiger partial charge in [-0.1, -0.05) is 43.8 Å². The zero-order chi connectivity index (χ0) is 17.7. The number of morpholine rings is 1. The summed E-state index contributed by atoms with van der Waals surface area (Å²) in [5, 5.41) is 0. The van der Waals surface area contributed by atoms with Crippen LogP contribution in [0.1, 0.15) is 31.5 Å². The number of aromatic nitrogens is 1. The summed E-state index contributed by atoms with van der Waals surface area (Å²) in [6, 6.07) is 17.0. The van der Waals surface area contributed by atoms with E-state index in [2.05, 4.69) is 57.2 Å². The molecule has 0 unspecified atom stereocenters. The Bertz CT molecular complexity index is 669. The molecule has 0 saturated carbocycles. The first-order valence-electron chi connectivity index (χ1n) is 9.84. The largest absolute Gasteiger partial charge is 0.372 e. The van der Waals surface area contributed by atoms with Gasteiger partial charge in [0.2, 0.25) is 0 Å². The quantitative estimate of drug-likeness (QED) is 0.807. The van der Waals surface area contributed by atoms with Crippen molar-refractivity contribution in [2.45, 2.75) is 38.8 Å². The second-order valence-electron chi connectivity index (χ2n) is 7.64. The number of hydrogen-bond acceptors (Lipinski definition) is 4. The summed E-state index contributed by atoms with van der Waals surface area (Å²) >= 11 is 0. The van der Waals surface area contributed by atoms with Gasteiger partial charge < -0.3 is 9.64 Å². The maximum atomic E-state index is 6.30. The Hall–Kier alpha value is -1.75. The van der Waals surface area contributed by atoms with Crippen molar-refractivity contribution in [1.29, 1.82) is 0 Å². The zero-order valence-electron chi connectivity index (χ0n) is 15.5. The van der Waals surface area contributed by atoms with Crippen molar-refractivity contribution in [1.82, 2.24) is 14.8 Å². The fourth-order valence-corrected chi connectivity index (χ4v) is 4.20. The number of nitrogens with zero attached hydrogens (tertiary/aromatic N) is 3. The molecule has 2 aliphatic heterocycles. The predicted molar refractivity (Wildman–Crippen MR) is 111 cm³/mol. The number of piperidine rings is 1. The van der Waals surface area contributed by atoms with Gasteiger partial charge in [0, 0.05) is 45.5 Å². The summed E-state index contributed by atoms with van der Waals surface area (Å²) in [6.45, 7) is 7.26. The maximum absolute atomic E-state index is 6.30. The van der Waals surface area contributed by atoms with Crippen molar-refractivity contribution in [3.05, 3.63) is 66.0 Å². The summed E-state index contributed by atoms with van der Waals surface area (Å²) in [7, 11) is 0. The Morgan fingerprint density at radius 1 is 0.926 bits per heavy atom. The summed E-state index contributed by atoms with van der Waals surface area (Å²) in [5.74, 6) is 0. The molecule has 146 valence electrons. The van der Waals surface area contributed by atoms with Crippen LogP contribution in [-0.2, 0) is 17.7 Å². The van der Waals surface area contributed by atoms with Gasteiger partial charge in [0.25, 0.3) is 0 Å². The number of rotatable bonds is 5. The molecule has 0 amide bonds. The molecule has 0 aliphatic carbocycles. The highest BCUT2D eigenvalue weighted by molar-refractivity contribution is 5.15. The molecule has 1 spiro atoms. The smallest absolute Gasteiger partial charge is 0.0833 e. The lowest BCUT2D eigenvalue weighted by molar-refractivity contribution is -0.137. The number of pyridine rings is 1. The van der Waals surface area contributed by atoms with E-state index in [1.54, 1.807) is 0 Å². The standard InChI is InChI=1S/C22H29N3O.CH4/c1-2-6-20(7-3-1)9-13-24-14-10-22(11-15-24)19-25(16-17-26-22)18-21-8-4-5-12-23-21;/h1-8,12H,9-11,13-19H2;1H4. The minimum Gasteiger partial charge on any atom is -0.372 e. The lowest BCUT2D eigenvalue weighted by Gasteiger charge is -2.47.